The van der Waals surface area contributed by atoms with Crippen LogP contribution in [0.3, 0.4) is 0 Å². The highest BCUT2D eigenvalue weighted by Gasteiger charge is 2.58. The number of aliphatic hydroxyl groups excluding tert-OH is 1. The van der Waals surface area contributed by atoms with Crippen molar-refractivity contribution in [2.45, 2.75) is 50.7 Å². The lowest BCUT2D eigenvalue weighted by Gasteiger charge is -2.40. The van der Waals surface area contributed by atoms with Crippen LogP contribution in [0.2, 0.25) is 0 Å². The lowest BCUT2D eigenvalue weighted by molar-refractivity contribution is -0.146. The van der Waals surface area contributed by atoms with Crippen molar-refractivity contribution in [3.05, 3.63) is 52.7 Å². The molecule has 0 aromatic carbocycles. The lowest BCUT2D eigenvalue weighted by Crippen LogP contribution is -2.51. The molecule has 2 aromatic heterocycles. The van der Waals surface area contributed by atoms with Crippen molar-refractivity contribution in [1.29, 1.82) is 0 Å². The minimum absolute atomic E-state index is 0.0289. The normalized spacial score (nSPS) is 27.2. The third kappa shape index (κ3) is 3.16. The number of amides is 1. The first-order chi connectivity index (χ1) is 15.5. The summed E-state index contributed by atoms with van der Waals surface area (Å²) in [7, 11) is 0. The Kier molecular flexibility index (Phi) is 5.33. The molecule has 32 heavy (non-hydrogen) atoms. The SMILES string of the molecule is O=C(O)[C@@H]1[C@@H](CO)[C@@H]2Cn3c(ccc(-c4ccncc4)c3=O)[C@H]1N2C(=O)C1CCCCC1. The first-order valence-electron chi connectivity index (χ1n) is 11.3. The van der Waals surface area contributed by atoms with Crippen LogP contribution in [0, 0.1) is 17.8 Å². The summed E-state index contributed by atoms with van der Waals surface area (Å²) < 4.78 is 1.61. The van der Waals surface area contributed by atoms with E-state index in [1.807, 2.05) is 0 Å². The molecule has 4 atom stereocenters. The summed E-state index contributed by atoms with van der Waals surface area (Å²) in [6.07, 6.45) is 7.97. The summed E-state index contributed by atoms with van der Waals surface area (Å²) in [6, 6.07) is 5.73. The number of carbonyl (C=O) groups excluding carboxylic acids is 1. The molecule has 0 spiro atoms. The van der Waals surface area contributed by atoms with Gasteiger partial charge in [-0.1, -0.05) is 19.3 Å². The Morgan fingerprint density at radius 1 is 1.06 bits per heavy atom. The summed E-state index contributed by atoms with van der Waals surface area (Å²) in [4.78, 5) is 45.0. The van der Waals surface area contributed by atoms with E-state index in [9.17, 15) is 24.6 Å². The maximum Gasteiger partial charge on any atom is 0.309 e. The minimum atomic E-state index is -1.04. The Hall–Kier alpha value is -3.00. The predicted octanol–water partition coefficient (Wildman–Crippen LogP) is 2.07. The monoisotopic (exact) mass is 437 g/mol. The quantitative estimate of drug-likeness (QED) is 0.757. The van der Waals surface area contributed by atoms with Crippen LogP contribution in [-0.2, 0) is 16.1 Å². The van der Waals surface area contributed by atoms with Gasteiger partial charge in [0.1, 0.15) is 0 Å². The van der Waals surface area contributed by atoms with E-state index in [1.165, 1.54) is 0 Å². The standard InChI is InChI=1S/C24H27N3O5/c28-13-17-19-12-26-18(7-6-16(23(26)30)14-8-10-25-11-9-14)21(20(17)24(31)32)27(19)22(29)15-4-2-1-3-5-15/h6-11,15,17,19-21,28H,1-5,12-13H2,(H,31,32)/t17-,19-,20+,21+/m0/s1. The first-order valence-corrected chi connectivity index (χ1v) is 11.3. The van der Waals surface area contributed by atoms with E-state index >= 15 is 0 Å². The zero-order valence-electron chi connectivity index (χ0n) is 17.8. The number of aliphatic carboxylic acids is 1. The summed E-state index contributed by atoms with van der Waals surface area (Å²) in [5.74, 6) is -2.75. The highest BCUT2D eigenvalue weighted by atomic mass is 16.4. The van der Waals surface area contributed by atoms with Gasteiger partial charge in [-0.3, -0.25) is 19.4 Å². The number of aliphatic hydroxyl groups is 1. The van der Waals surface area contributed by atoms with Crippen LogP contribution in [-0.4, -0.2) is 49.2 Å². The van der Waals surface area contributed by atoms with Crippen molar-refractivity contribution >= 4 is 11.9 Å². The van der Waals surface area contributed by atoms with Gasteiger partial charge in [-0.15, -0.1) is 0 Å². The Morgan fingerprint density at radius 2 is 1.78 bits per heavy atom. The van der Waals surface area contributed by atoms with Crippen molar-refractivity contribution < 1.29 is 19.8 Å². The number of aromatic nitrogens is 2. The second-order valence-electron chi connectivity index (χ2n) is 9.13. The smallest absolute Gasteiger partial charge is 0.309 e. The van der Waals surface area contributed by atoms with E-state index in [0.717, 1.165) is 37.7 Å². The summed E-state index contributed by atoms with van der Waals surface area (Å²) in [5, 5.41) is 20.2. The summed E-state index contributed by atoms with van der Waals surface area (Å²) in [6.45, 7) is -0.149. The minimum Gasteiger partial charge on any atom is -0.481 e. The van der Waals surface area contributed by atoms with Gasteiger partial charge in [0.25, 0.3) is 5.56 Å². The maximum atomic E-state index is 13.6. The zero-order chi connectivity index (χ0) is 22.4. The molecule has 8 heteroatoms. The number of hydrogen-bond donors (Lipinski definition) is 2. The average molecular weight is 437 g/mol. The van der Waals surface area contributed by atoms with E-state index in [4.69, 9.17) is 0 Å². The van der Waals surface area contributed by atoms with E-state index in [0.29, 0.717) is 11.3 Å². The molecule has 1 saturated heterocycles. The molecule has 2 aliphatic heterocycles. The molecule has 2 N–H and O–H groups in total. The van der Waals surface area contributed by atoms with Gasteiger partial charge < -0.3 is 19.7 Å². The van der Waals surface area contributed by atoms with Crippen molar-refractivity contribution in [2.75, 3.05) is 6.61 Å². The molecule has 8 nitrogen and oxygen atoms in total. The van der Waals surface area contributed by atoms with Gasteiger partial charge in [-0.2, -0.15) is 0 Å². The van der Waals surface area contributed by atoms with E-state index in [-0.39, 0.29) is 30.5 Å². The van der Waals surface area contributed by atoms with Crippen molar-refractivity contribution in [2.24, 2.45) is 17.8 Å². The van der Waals surface area contributed by atoms with Gasteiger partial charge >= 0.3 is 5.97 Å². The number of pyridine rings is 2. The Morgan fingerprint density at radius 3 is 2.44 bits per heavy atom. The zero-order valence-corrected chi connectivity index (χ0v) is 17.8. The predicted molar refractivity (Wildman–Crippen MR) is 116 cm³/mol. The third-order valence-corrected chi connectivity index (χ3v) is 7.53. The fraction of sp³-hybridized carbons (Fsp3) is 0.500. The molecule has 2 fully saturated rings. The largest absolute Gasteiger partial charge is 0.481 e. The van der Waals surface area contributed by atoms with Crippen LogP contribution in [0.25, 0.3) is 11.1 Å². The van der Waals surface area contributed by atoms with Crippen LogP contribution < -0.4 is 5.56 Å². The van der Waals surface area contributed by atoms with Crippen molar-refractivity contribution in [3.63, 3.8) is 0 Å². The molecule has 0 unspecified atom stereocenters. The molecule has 4 heterocycles. The highest BCUT2D eigenvalue weighted by Crippen LogP contribution is 2.49. The van der Waals surface area contributed by atoms with Crippen LogP contribution >= 0.6 is 0 Å². The van der Waals surface area contributed by atoms with Crippen molar-refractivity contribution in [1.82, 2.24) is 14.5 Å². The van der Waals surface area contributed by atoms with Gasteiger partial charge in [0.15, 0.2) is 0 Å². The summed E-state index contributed by atoms with van der Waals surface area (Å²) in [5.41, 5.74) is 1.57. The molecule has 1 amide bonds. The van der Waals surface area contributed by atoms with Crippen LogP contribution in [0.4, 0.5) is 0 Å². The molecule has 3 aliphatic rings. The molecule has 168 valence electrons. The van der Waals surface area contributed by atoms with Gasteiger partial charge in [0.05, 0.1) is 18.0 Å². The second-order valence-corrected chi connectivity index (χ2v) is 9.13. The third-order valence-electron chi connectivity index (χ3n) is 7.53. The van der Waals surface area contributed by atoms with E-state index < -0.39 is 29.9 Å². The highest BCUT2D eigenvalue weighted by molar-refractivity contribution is 5.83. The topological polar surface area (TPSA) is 113 Å². The number of carbonyl (C=O) groups is 2. The Bertz CT molecular complexity index is 1090. The number of rotatable bonds is 4. The first kappa shape index (κ1) is 20.9. The Labute approximate surface area is 185 Å². The fourth-order valence-corrected chi connectivity index (χ4v) is 6.00. The van der Waals surface area contributed by atoms with Gasteiger partial charge in [0.2, 0.25) is 5.91 Å². The van der Waals surface area contributed by atoms with Gasteiger partial charge in [-0.25, -0.2) is 0 Å². The van der Waals surface area contributed by atoms with E-state index in [1.54, 1.807) is 46.1 Å². The molecule has 0 radical (unpaired) electrons. The van der Waals surface area contributed by atoms with Gasteiger partial charge in [-0.05, 0) is 42.7 Å². The number of nitrogens with zero attached hydrogens (tertiary/aromatic N) is 3. The van der Waals surface area contributed by atoms with Crippen LogP contribution in [0.15, 0.2) is 41.5 Å². The summed E-state index contributed by atoms with van der Waals surface area (Å²) >= 11 is 0. The van der Waals surface area contributed by atoms with Gasteiger partial charge in [0, 0.05) is 48.6 Å². The Balaban J connectivity index is 1.62. The molecule has 1 aliphatic carbocycles. The molecule has 2 bridgehead atoms. The average Bonchev–Trinajstić information content (AvgIpc) is 3.07. The second kappa shape index (κ2) is 8.16. The van der Waals surface area contributed by atoms with Crippen LogP contribution in [0.5, 0.6) is 0 Å². The molecular formula is C24H27N3O5. The van der Waals surface area contributed by atoms with E-state index in [2.05, 4.69) is 4.98 Å². The molecule has 1 saturated carbocycles. The molecule has 5 rings (SSSR count). The number of carboxylic acid groups (broad SMARTS) is 1. The van der Waals surface area contributed by atoms with Crippen LogP contribution in [0.1, 0.15) is 43.8 Å². The molecular weight excluding hydrogens is 410 g/mol. The fourth-order valence-electron chi connectivity index (χ4n) is 6.00. The number of fused-ring (bicyclic) bond motifs is 4. The number of carboxylic acids is 1. The maximum absolute atomic E-state index is 13.6. The number of hydrogen-bond acceptors (Lipinski definition) is 5. The molecule has 2 aromatic rings. The lowest BCUT2D eigenvalue weighted by atomic mass is 9.87. The van der Waals surface area contributed by atoms with Crippen molar-refractivity contribution in [3.8, 4) is 11.1 Å².